The molecule has 0 bridgehead atoms. The molecule has 3 unspecified atom stereocenters. The lowest BCUT2D eigenvalue weighted by molar-refractivity contribution is -0.147. The van der Waals surface area contributed by atoms with Crippen molar-refractivity contribution >= 4 is 12.1 Å². The number of ether oxygens (including phenoxy) is 1. The van der Waals surface area contributed by atoms with E-state index in [9.17, 15) is 14.7 Å². The van der Waals surface area contributed by atoms with E-state index < -0.39 is 17.5 Å². The second-order valence-electron chi connectivity index (χ2n) is 7.84. The molecule has 0 aromatic rings. The van der Waals surface area contributed by atoms with Crippen LogP contribution in [0.15, 0.2) is 0 Å². The van der Waals surface area contributed by atoms with Gasteiger partial charge in [-0.3, -0.25) is 4.79 Å². The minimum Gasteiger partial charge on any atom is -0.481 e. The number of likely N-dealkylation sites (tertiary alicyclic amines) is 1. The van der Waals surface area contributed by atoms with Crippen LogP contribution in [0.1, 0.15) is 59.8 Å². The number of carboxylic acid groups (broad SMARTS) is 1. The maximum absolute atomic E-state index is 12.4. The molecule has 3 atom stereocenters. The average molecular weight is 311 g/mol. The molecule has 1 saturated heterocycles. The van der Waals surface area contributed by atoms with E-state index in [2.05, 4.69) is 6.92 Å². The van der Waals surface area contributed by atoms with Gasteiger partial charge in [0.2, 0.25) is 0 Å². The Morgan fingerprint density at radius 2 is 2.00 bits per heavy atom. The van der Waals surface area contributed by atoms with Gasteiger partial charge in [-0.15, -0.1) is 0 Å². The fourth-order valence-corrected chi connectivity index (χ4v) is 4.34. The van der Waals surface area contributed by atoms with Crippen molar-refractivity contribution in [2.75, 3.05) is 13.1 Å². The highest BCUT2D eigenvalue weighted by Gasteiger charge is 2.56. The maximum Gasteiger partial charge on any atom is 0.410 e. The van der Waals surface area contributed by atoms with Crippen LogP contribution < -0.4 is 0 Å². The van der Waals surface area contributed by atoms with Crippen molar-refractivity contribution in [3.63, 3.8) is 0 Å². The molecule has 2 rings (SSSR count). The standard InChI is InChI=1S/C17H29NO4/c1-5-12-8-6-7-9-17(12)11-18(10-13(17)14(19)20)15(21)22-16(2,3)4/h12-13H,5-11H2,1-4H3,(H,19,20). The summed E-state index contributed by atoms with van der Waals surface area (Å²) < 4.78 is 5.45. The molecule has 1 heterocycles. The predicted molar refractivity (Wildman–Crippen MR) is 83.6 cm³/mol. The summed E-state index contributed by atoms with van der Waals surface area (Å²) in [5.74, 6) is -0.855. The Morgan fingerprint density at radius 1 is 1.32 bits per heavy atom. The maximum atomic E-state index is 12.4. The number of hydrogen-bond acceptors (Lipinski definition) is 3. The van der Waals surface area contributed by atoms with E-state index in [1.165, 1.54) is 6.42 Å². The number of carbonyl (C=O) groups excluding carboxylic acids is 1. The third kappa shape index (κ3) is 3.23. The number of amides is 1. The van der Waals surface area contributed by atoms with Crippen molar-refractivity contribution in [2.45, 2.75) is 65.4 Å². The van der Waals surface area contributed by atoms with Gasteiger partial charge in [0.1, 0.15) is 5.60 Å². The number of carboxylic acids is 1. The summed E-state index contributed by atoms with van der Waals surface area (Å²) in [6.45, 7) is 8.44. The summed E-state index contributed by atoms with van der Waals surface area (Å²) in [5.41, 5.74) is -0.821. The highest BCUT2D eigenvalue weighted by molar-refractivity contribution is 5.75. The van der Waals surface area contributed by atoms with Crippen LogP contribution in [0, 0.1) is 17.3 Å². The minimum atomic E-state index is -0.772. The molecular weight excluding hydrogens is 282 g/mol. The van der Waals surface area contributed by atoms with E-state index in [1.54, 1.807) is 4.90 Å². The largest absolute Gasteiger partial charge is 0.481 e. The lowest BCUT2D eigenvalue weighted by Gasteiger charge is -2.43. The van der Waals surface area contributed by atoms with E-state index in [0.717, 1.165) is 25.7 Å². The summed E-state index contributed by atoms with van der Waals surface area (Å²) in [6.07, 6.45) is 4.80. The van der Waals surface area contributed by atoms with Crippen molar-refractivity contribution in [3.8, 4) is 0 Å². The predicted octanol–water partition coefficient (Wildman–Crippen LogP) is 3.52. The minimum absolute atomic E-state index is 0.268. The number of carbonyl (C=O) groups is 2. The van der Waals surface area contributed by atoms with Gasteiger partial charge in [-0.2, -0.15) is 0 Å². The summed E-state index contributed by atoms with van der Waals surface area (Å²) >= 11 is 0. The second kappa shape index (κ2) is 6.09. The topological polar surface area (TPSA) is 66.8 Å². The first-order valence-corrected chi connectivity index (χ1v) is 8.40. The Labute approximate surface area is 133 Å². The lowest BCUT2D eigenvalue weighted by Crippen LogP contribution is -2.44. The fourth-order valence-electron chi connectivity index (χ4n) is 4.34. The molecule has 2 aliphatic rings. The molecule has 2 fully saturated rings. The van der Waals surface area contributed by atoms with Crippen LogP contribution in [0.25, 0.3) is 0 Å². The first kappa shape index (κ1) is 17.1. The van der Waals surface area contributed by atoms with Crippen LogP contribution in [-0.4, -0.2) is 40.8 Å². The molecule has 1 N–H and O–H groups in total. The molecule has 5 nitrogen and oxygen atoms in total. The van der Waals surface area contributed by atoms with Gasteiger partial charge in [0, 0.05) is 18.5 Å². The van der Waals surface area contributed by atoms with Crippen LogP contribution in [0.3, 0.4) is 0 Å². The zero-order chi connectivity index (χ0) is 16.5. The molecule has 5 heteroatoms. The molecule has 22 heavy (non-hydrogen) atoms. The third-order valence-corrected chi connectivity index (χ3v) is 5.28. The summed E-state index contributed by atoms with van der Waals surface area (Å²) in [6, 6.07) is 0. The van der Waals surface area contributed by atoms with Crippen LogP contribution in [0.2, 0.25) is 0 Å². The van der Waals surface area contributed by atoms with Crippen LogP contribution in [-0.2, 0) is 9.53 Å². The fraction of sp³-hybridized carbons (Fsp3) is 0.882. The van der Waals surface area contributed by atoms with Gasteiger partial charge in [-0.1, -0.05) is 26.2 Å². The van der Waals surface area contributed by atoms with Crippen molar-refractivity contribution in [1.29, 1.82) is 0 Å². The Bertz CT molecular complexity index is 442. The van der Waals surface area contributed by atoms with Gasteiger partial charge in [0.05, 0.1) is 5.92 Å². The van der Waals surface area contributed by atoms with E-state index in [1.807, 2.05) is 20.8 Å². The summed E-state index contributed by atoms with van der Waals surface area (Å²) in [7, 11) is 0. The number of nitrogens with zero attached hydrogens (tertiary/aromatic N) is 1. The van der Waals surface area contributed by atoms with Gasteiger partial charge in [-0.05, 0) is 39.5 Å². The lowest BCUT2D eigenvalue weighted by atomic mass is 9.60. The van der Waals surface area contributed by atoms with Crippen molar-refractivity contribution in [1.82, 2.24) is 4.90 Å². The zero-order valence-corrected chi connectivity index (χ0v) is 14.2. The smallest absolute Gasteiger partial charge is 0.410 e. The third-order valence-electron chi connectivity index (χ3n) is 5.28. The van der Waals surface area contributed by atoms with Crippen LogP contribution in [0.5, 0.6) is 0 Å². The molecule has 0 aromatic carbocycles. The molecule has 1 amide bonds. The number of hydrogen-bond donors (Lipinski definition) is 1. The van der Waals surface area contributed by atoms with E-state index in [-0.39, 0.29) is 18.1 Å². The van der Waals surface area contributed by atoms with E-state index in [0.29, 0.717) is 12.5 Å². The Hall–Kier alpha value is -1.26. The van der Waals surface area contributed by atoms with Crippen molar-refractivity contribution in [3.05, 3.63) is 0 Å². The summed E-state index contributed by atoms with van der Waals surface area (Å²) in [5, 5.41) is 9.70. The molecule has 1 aliphatic carbocycles. The van der Waals surface area contributed by atoms with Gasteiger partial charge >= 0.3 is 12.1 Å². The Kier molecular flexibility index (Phi) is 4.73. The Morgan fingerprint density at radius 3 is 2.55 bits per heavy atom. The van der Waals surface area contributed by atoms with E-state index >= 15 is 0 Å². The quantitative estimate of drug-likeness (QED) is 0.847. The summed E-state index contributed by atoms with van der Waals surface area (Å²) in [4.78, 5) is 25.8. The molecular formula is C17H29NO4. The monoisotopic (exact) mass is 311 g/mol. The highest BCUT2D eigenvalue weighted by Crippen LogP contribution is 2.52. The van der Waals surface area contributed by atoms with Gasteiger partial charge in [0.15, 0.2) is 0 Å². The molecule has 1 aliphatic heterocycles. The normalized spacial score (nSPS) is 32.3. The van der Waals surface area contributed by atoms with Gasteiger partial charge in [0.25, 0.3) is 0 Å². The molecule has 0 radical (unpaired) electrons. The Balaban J connectivity index is 2.22. The second-order valence-corrected chi connectivity index (χ2v) is 7.84. The van der Waals surface area contributed by atoms with Gasteiger partial charge in [-0.25, -0.2) is 4.79 Å². The SMILES string of the molecule is CCC1CCCCC12CN(C(=O)OC(C)(C)C)CC2C(=O)O. The van der Waals surface area contributed by atoms with Crippen LogP contribution in [0.4, 0.5) is 4.79 Å². The zero-order valence-electron chi connectivity index (χ0n) is 14.2. The van der Waals surface area contributed by atoms with Crippen molar-refractivity contribution in [2.24, 2.45) is 17.3 Å². The first-order valence-electron chi connectivity index (χ1n) is 8.40. The highest BCUT2D eigenvalue weighted by atomic mass is 16.6. The van der Waals surface area contributed by atoms with Gasteiger partial charge < -0.3 is 14.7 Å². The molecule has 126 valence electrons. The number of aliphatic carboxylic acids is 1. The van der Waals surface area contributed by atoms with Crippen LogP contribution >= 0.6 is 0 Å². The molecule has 1 spiro atoms. The number of rotatable bonds is 2. The molecule has 1 saturated carbocycles. The van der Waals surface area contributed by atoms with Crippen molar-refractivity contribution < 1.29 is 19.4 Å². The molecule has 0 aromatic heterocycles. The average Bonchev–Trinajstić information content (AvgIpc) is 2.78. The van der Waals surface area contributed by atoms with E-state index in [4.69, 9.17) is 4.74 Å². The first-order chi connectivity index (χ1) is 10.2.